The van der Waals surface area contributed by atoms with Gasteiger partial charge in [-0.15, -0.1) is 11.3 Å². The Kier molecular flexibility index (Phi) is 5.31. The summed E-state index contributed by atoms with van der Waals surface area (Å²) in [6.07, 6.45) is 2.92. The van der Waals surface area contributed by atoms with Crippen LogP contribution in [0.2, 0.25) is 0 Å². The van der Waals surface area contributed by atoms with Gasteiger partial charge in [-0.2, -0.15) is 0 Å². The number of nitrogens with zero attached hydrogens (tertiary/aromatic N) is 2. The van der Waals surface area contributed by atoms with E-state index in [-0.39, 0.29) is 5.91 Å². The fraction of sp³-hybridized carbons (Fsp3) is 0.474. The molecule has 1 amide bonds. The molecule has 3 rings (SSSR count). The Morgan fingerprint density at radius 3 is 2.62 bits per heavy atom. The number of rotatable bonds is 7. The molecule has 2 N–H and O–H groups in total. The predicted octanol–water partition coefficient (Wildman–Crippen LogP) is 3.57. The second-order valence-electron chi connectivity index (χ2n) is 6.73. The molecule has 24 heavy (non-hydrogen) atoms. The molecule has 0 radical (unpaired) electrons. The minimum Gasteiger partial charge on any atom is -0.330 e. The van der Waals surface area contributed by atoms with Crippen molar-refractivity contribution in [2.45, 2.75) is 51.6 Å². The monoisotopic (exact) mass is 343 g/mol. The Balaban J connectivity index is 1.73. The van der Waals surface area contributed by atoms with Crippen molar-refractivity contribution in [3.05, 3.63) is 51.5 Å². The zero-order valence-corrected chi connectivity index (χ0v) is 15.2. The fourth-order valence-electron chi connectivity index (χ4n) is 2.75. The summed E-state index contributed by atoms with van der Waals surface area (Å²) in [7, 11) is 0. The lowest BCUT2D eigenvalue weighted by molar-refractivity contribution is 0.0724. The second-order valence-corrected chi connectivity index (χ2v) is 7.67. The Labute approximate surface area is 147 Å². The highest BCUT2D eigenvalue weighted by atomic mass is 32.1. The molecule has 0 unspecified atom stereocenters. The van der Waals surface area contributed by atoms with Gasteiger partial charge in [0.05, 0.1) is 5.01 Å². The number of benzene rings is 1. The van der Waals surface area contributed by atoms with Gasteiger partial charge in [0, 0.05) is 24.4 Å². The smallest absolute Gasteiger partial charge is 0.273 e. The molecule has 2 aromatic rings. The average Bonchev–Trinajstić information content (AvgIpc) is 3.31. The van der Waals surface area contributed by atoms with Crippen LogP contribution in [0.25, 0.3) is 0 Å². The summed E-state index contributed by atoms with van der Waals surface area (Å²) in [5, 5.41) is 2.81. The van der Waals surface area contributed by atoms with Crippen molar-refractivity contribution < 1.29 is 4.79 Å². The van der Waals surface area contributed by atoms with Crippen molar-refractivity contribution in [1.29, 1.82) is 0 Å². The van der Waals surface area contributed by atoms with Crippen LogP contribution in [0.4, 0.5) is 0 Å². The van der Waals surface area contributed by atoms with Gasteiger partial charge in [0.15, 0.2) is 0 Å². The quantitative estimate of drug-likeness (QED) is 0.836. The highest BCUT2D eigenvalue weighted by Gasteiger charge is 2.34. The Hall–Kier alpha value is -1.72. The minimum atomic E-state index is 0.0463. The molecule has 1 saturated carbocycles. The molecule has 1 heterocycles. The third kappa shape index (κ3) is 4.02. The standard InChI is InChI=1S/C19H25N3OS/c1-13(2)15-5-3-14(4-6-15)11-22(16-7-8-16)19(23)17-12-24-18(21-17)9-10-20/h3-6,12-13,16H,7-11,20H2,1-2H3. The number of hydrogen-bond acceptors (Lipinski definition) is 4. The van der Waals surface area contributed by atoms with Crippen LogP contribution in [0.1, 0.15) is 59.2 Å². The molecule has 0 atom stereocenters. The van der Waals surface area contributed by atoms with Crippen molar-refractivity contribution in [2.24, 2.45) is 5.73 Å². The zero-order chi connectivity index (χ0) is 17.1. The molecule has 1 fully saturated rings. The number of amides is 1. The average molecular weight is 343 g/mol. The van der Waals surface area contributed by atoms with E-state index >= 15 is 0 Å². The summed E-state index contributed by atoms with van der Waals surface area (Å²) < 4.78 is 0. The molecule has 4 nitrogen and oxygen atoms in total. The molecular formula is C19H25N3OS. The lowest BCUT2D eigenvalue weighted by atomic mass is 10.0. The normalized spacial score (nSPS) is 14.2. The third-order valence-corrected chi connectivity index (χ3v) is 5.29. The molecule has 5 heteroatoms. The van der Waals surface area contributed by atoms with Gasteiger partial charge in [-0.1, -0.05) is 38.1 Å². The summed E-state index contributed by atoms with van der Waals surface area (Å²) in [5.74, 6) is 0.571. The van der Waals surface area contributed by atoms with Crippen LogP contribution in [-0.4, -0.2) is 28.4 Å². The first-order chi connectivity index (χ1) is 11.6. The van der Waals surface area contributed by atoms with E-state index in [2.05, 4.69) is 43.1 Å². The largest absolute Gasteiger partial charge is 0.330 e. The predicted molar refractivity (Wildman–Crippen MR) is 98.3 cm³/mol. The van der Waals surface area contributed by atoms with Crippen LogP contribution in [-0.2, 0) is 13.0 Å². The van der Waals surface area contributed by atoms with Crippen molar-refractivity contribution in [3.63, 3.8) is 0 Å². The molecule has 0 spiro atoms. The fourth-order valence-corrected chi connectivity index (χ4v) is 3.54. The van der Waals surface area contributed by atoms with Crippen LogP contribution in [0.5, 0.6) is 0 Å². The minimum absolute atomic E-state index is 0.0463. The molecule has 0 aliphatic heterocycles. The summed E-state index contributed by atoms with van der Waals surface area (Å²) >= 11 is 1.52. The first kappa shape index (κ1) is 17.1. The highest BCUT2D eigenvalue weighted by molar-refractivity contribution is 7.09. The van der Waals surface area contributed by atoms with E-state index < -0.39 is 0 Å². The van der Waals surface area contributed by atoms with Crippen molar-refractivity contribution in [3.8, 4) is 0 Å². The van der Waals surface area contributed by atoms with Crippen LogP contribution < -0.4 is 5.73 Å². The number of aromatic nitrogens is 1. The molecule has 1 aromatic heterocycles. The first-order valence-electron chi connectivity index (χ1n) is 8.62. The summed E-state index contributed by atoms with van der Waals surface area (Å²) in [6.45, 7) is 5.60. The molecule has 1 aliphatic rings. The number of carbonyl (C=O) groups is 1. The van der Waals surface area contributed by atoms with Gasteiger partial charge in [0.2, 0.25) is 0 Å². The van der Waals surface area contributed by atoms with Gasteiger partial charge in [0.25, 0.3) is 5.91 Å². The molecule has 1 aliphatic carbocycles. The van der Waals surface area contributed by atoms with E-state index in [1.54, 1.807) is 0 Å². The van der Waals surface area contributed by atoms with E-state index in [1.165, 1.54) is 22.5 Å². The molecule has 0 saturated heterocycles. The SMILES string of the molecule is CC(C)c1ccc(CN(C(=O)c2csc(CCN)n2)C2CC2)cc1. The maximum Gasteiger partial charge on any atom is 0.273 e. The van der Waals surface area contributed by atoms with Gasteiger partial charge < -0.3 is 10.6 Å². The molecule has 128 valence electrons. The van der Waals surface area contributed by atoms with Crippen LogP contribution >= 0.6 is 11.3 Å². The van der Waals surface area contributed by atoms with Crippen molar-refractivity contribution in [2.75, 3.05) is 6.54 Å². The van der Waals surface area contributed by atoms with Gasteiger partial charge in [-0.25, -0.2) is 4.98 Å². The summed E-state index contributed by atoms with van der Waals surface area (Å²) in [5.41, 5.74) is 8.64. The number of hydrogen-bond donors (Lipinski definition) is 1. The number of thiazole rings is 1. The maximum absolute atomic E-state index is 12.9. The third-order valence-electron chi connectivity index (χ3n) is 4.38. The van der Waals surface area contributed by atoms with Crippen LogP contribution in [0.3, 0.4) is 0 Å². The first-order valence-corrected chi connectivity index (χ1v) is 9.50. The summed E-state index contributed by atoms with van der Waals surface area (Å²) in [4.78, 5) is 19.3. The number of nitrogens with two attached hydrogens (primary N) is 1. The maximum atomic E-state index is 12.9. The Morgan fingerprint density at radius 2 is 2.04 bits per heavy atom. The highest BCUT2D eigenvalue weighted by Crippen LogP contribution is 2.30. The zero-order valence-electron chi connectivity index (χ0n) is 14.4. The van der Waals surface area contributed by atoms with E-state index in [0.717, 1.165) is 24.3 Å². The topological polar surface area (TPSA) is 59.2 Å². The Morgan fingerprint density at radius 1 is 1.33 bits per heavy atom. The lowest BCUT2D eigenvalue weighted by Gasteiger charge is -2.22. The van der Waals surface area contributed by atoms with E-state index in [0.29, 0.717) is 30.7 Å². The van der Waals surface area contributed by atoms with E-state index in [1.807, 2.05) is 10.3 Å². The lowest BCUT2D eigenvalue weighted by Crippen LogP contribution is -2.32. The molecule has 1 aromatic carbocycles. The van der Waals surface area contributed by atoms with Gasteiger partial charge in [-0.05, 0) is 36.4 Å². The Bertz CT molecular complexity index is 689. The van der Waals surface area contributed by atoms with Gasteiger partial charge >= 0.3 is 0 Å². The second kappa shape index (κ2) is 7.45. The number of carbonyl (C=O) groups excluding carboxylic acids is 1. The van der Waals surface area contributed by atoms with Gasteiger partial charge in [-0.3, -0.25) is 4.79 Å². The van der Waals surface area contributed by atoms with E-state index in [4.69, 9.17) is 5.73 Å². The summed E-state index contributed by atoms with van der Waals surface area (Å²) in [6, 6.07) is 8.97. The van der Waals surface area contributed by atoms with Gasteiger partial charge in [0.1, 0.15) is 5.69 Å². The molecular weight excluding hydrogens is 318 g/mol. The van der Waals surface area contributed by atoms with E-state index in [9.17, 15) is 4.79 Å². The van der Waals surface area contributed by atoms with Crippen LogP contribution in [0, 0.1) is 0 Å². The van der Waals surface area contributed by atoms with Crippen molar-refractivity contribution >= 4 is 17.2 Å². The van der Waals surface area contributed by atoms with Crippen LogP contribution in [0.15, 0.2) is 29.6 Å². The van der Waals surface area contributed by atoms with Crippen molar-refractivity contribution in [1.82, 2.24) is 9.88 Å². The molecule has 0 bridgehead atoms.